The number of rotatable bonds is 6. The van der Waals surface area contributed by atoms with Crippen LogP contribution in [-0.4, -0.2) is 12.5 Å². The van der Waals surface area contributed by atoms with Crippen LogP contribution >= 0.6 is 0 Å². The molecule has 3 heteroatoms. The molecule has 2 aromatic rings. The second kappa shape index (κ2) is 6.87. The smallest absolute Gasteiger partial charge is 0.249 e. The SMILES string of the molecule is CC(CNCc1ccccc1C(N)=O)c1ccccc1. The molecule has 0 aliphatic heterocycles. The average Bonchev–Trinajstić information content (AvgIpc) is 2.48. The summed E-state index contributed by atoms with van der Waals surface area (Å²) < 4.78 is 0. The van der Waals surface area contributed by atoms with Crippen molar-refractivity contribution in [3.8, 4) is 0 Å². The minimum absolute atomic E-state index is 0.376. The number of nitrogens with one attached hydrogen (secondary N) is 1. The molecule has 0 aliphatic carbocycles. The Balaban J connectivity index is 1.92. The van der Waals surface area contributed by atoms with Gasteiger partial charge in [0, 0.05) is 18.7 Å². The van der Waals surface area contributed by atoms with E-state index < -0.39 is 0 Å². The lowest BCUT2D eigenvalue weighted by atomic mass is 10.0. The largest absolute Gasteiger partial charge is 0.366 e. The van der Waals surface area contributed by atoms with Gasteiger partial charge in [0.15, 0.2) is 0 Å². The molecule has 0 saturated heterocycles. The highest BCUT2D eigenvalue weighted by molar-refractivity contribution is 5.94. The first-order chi connectivity index (χ1) is 9.68. The van der Waals surface area contributed by atoms with Crippen LogP contribution in [0.15, 0.2) is 54.6 Å². The Bertz CT molecular complexity index is 566. The zero-order chi connectivity index (χ0) is 14.4. The van der Waals surface area contributed by atoms with Crippen molar-refractivity contribution in [3.05, 3.63) is 71.3 Å². The van der Waals surface area contributed by atoms with Gasteiger partial charge < -0.3 is 11.1 Å². The van der Waals surface area contributed by atoms with Crippen LogP contribution in [0.3, 0.4) is 0 Å². The molecule has 3 nitrogen and oxygen atoms in total. The molecular formula is C17H20N2O. The maximum Gasteiger partial charge on any atom is 0.249 e. The molecule has 0 aromatic heterocycles. The van der Waals surface area contributed by atoms with Crippen molar-refractivity contribution >= 4 is 5.91 Å². The van der Waals surface area contributed by atoms with Crippen molar-refractivity contribution in [3.63, 3.8) is 0 Å². The van der Waals surface area contributed by atoms with Gasteiger partial charge in [0.05, 0.1) is 0 Å². The lowest BCUT2D eigenvalue weighted by molar-refractivity contribution is 0.0999. The average molecular weight is 268 g/mol. The predicted molar refractivity (Wildman–Crippen MR) is 81.5 cm³/mol. The van der Waals surface area contributed by atoms with Gasteiger partial charge in [-0.25, -0.2) is 0 Å². The summed E-state index contributed by atoms with van der Waals surface area (Å²) in [6, 6.07) is 17.8. The molecular weight excluding hydrogens is 248 g/mol. The first-order valence-electron chi connectivity index (χ1n) is 6.82. The van der Waals surface area contributed by atoms with Crippen molar-refractivity contribution in [2.75, 3.05) is 6.54 Å². The van der Waals surface area contributed by atoms with E-state index in [0.717, 1.165) is 12.1 Å². The number of hydrogen-bond acceptors (Lipinski definition) is 2. The molecule has 1 unspecified atom stereocenters. The van der Waals surface area contributed by atoms with E-state index >= 15 is 0 Å². The Morgan fingerprint density at radius 2 is 1.75 bits per heavy atom. The fourth-order valence-electron chi connectivity index (χ4n) is 2.24. The summed E-state index contributed by atoms with van der Waals surface area (Å²) in [4.78, 5) is 11.3. The van der Waals surface area contributed by atoms with Crippen LogP contribution in [0.25, 0.3) is 0 Å². The van der Waals surface area contributed by atoms with Crippen LogP contribution in [-0.2, 0) is 6.54 Å². The molecule has 2 aromatic carbocycles. The van der Waals surface area contributed by atoms with Crippen LogP contribution in [0.4, 0.5) is 0 Å². The van der Waals surface area contributed by atoms with Crippen molar-refractivity contribution in [2.24, 2.45) is 5.73 Å². The fourth-order valence-corrected chi connectivity index (χ4v) is 2.24. The summed E-state index contributed by atoms with van der Waals surface area (Å²) in [5.41, 5.74) is 8.21. The predicted octanol–water partition coefficient (Wildman–Crippen LogP) is 2.68. The Labute approximate surface area is 119 Å². The fraction of sp³-hybridized carbons (Fsp3) is 0.235. The molecule has 0 saturated carbocycles. The minimum Gasteiger partial charge on any atom is -0.366 e. The summed E-state index contributed by atoms with van der Waals surface area (Å²) in [5.74, 6) is 0.0513. The summed E-state index contributed by atoms with van der Waals surface area (Å²) >= 11 is 0. The van der Waals surface area contributed by atoms with E-state index in [9.17, 15) is 4.79 Å². The quantitative estimate of drug-likeness (QED) is 0.846. The molecule has 0 bridgehead atoms. The Kier molecular flexibility index (Phi) is 4.91. The van der Waals surface area contributed by atoms with E-state index in [-0.39, 0.29) is 5.91 Å². The van der Waals surface area contributed by atoms with Crippen LogP contribution in [0.2, 0.25) is 0 Å². The lowest BCUT2D eigenvalue weighted by Gasteiger charge is -2.14. The van der Waals surface area contributed by atoms with E-state index in [1.807, 2.05) is 36.4 Å². The third-order valence-electron chi connectivity index (χ3n) is 3.42. The van der Waals surface area contributed by atoms with Gasteiger partial charge in [-0.05, 0) is 23.1 Å². The Morgan fingerprint density at radius 1 is 1.10 bits per heavy atom. The van der Waals surface area contributed by atoms with Crippen molar-refractivity contribution in [1.29, 1.82) is 0 Å². The van der Waals surface area contributed by atoms with E-state index in [2.05, 4.69) is 24.4 Å². The molecule has 0 aliphatic rings. The number of hydrogen-bond donors (Lipinski definition) is 2. The molecule has 0 heterocycles. The number of carbonyl (C=O) groups excluding carboxylic acids is 1. The second-order valence-electron chi connectivity index (χ2n) is 4.96. The number of amides is 1. The highest BCUT2D eigenvalue weighted by Crippen LogP contribution is 2.14. The first kappa shape index (κ1) is 14.3. The zero-order valence-corrected chi connectivity index (χ0v) is 11.7. The van der Waals surface area contributed by atoms with E-state index in [1.54, 1.807) is 6.07 Å². The molecule has 0 radical (unpaired) electrons. The minimum atomic E-state index is -0.376. The lowest BCUT2D eigenvalue weighted by Crippen LogP contribution is -2.22. The van der Waals surface area contributed by atoms with Crippen molar-refractivity contribution < 1.29 is 4.79 Å². The summed E-state index contributed by atoms with van der Waals surface area (Å²) in [6.45, 7) is 3.69. The van der Waals surface area contributed by atoms with Gasteiger partial charge in [0.25, 0.3) is 0 Å². The topological polar surface area (TPSA) is 55.1 Å². The Morgan fingerprint density at radius 3 is 2.45 bits per heavy atom. The molecule has 1 amide bonds. The van der Waals surface area contributed by atoms with E-state index in [1.165, 1.54) is 5.56 Å². The molecule has 0 spiro atoms. The molecule has 104 valence electrons. The maximum atomic E-state index is 11.3. The van der Waals surface area contributed by atoms with Crippen LogP contribution in [0.5, 0.6) is 0 Å². The number of primary amides is 1. The van der Waals surface area contributed by atoms with Crippen molar-refractivity contribution in [2.45, 2.75) is 19.4 Å². The third-order valence-corrected chi connectivity index (χ3v) is 3.42. The summed E-state index contributed by atoms with van der Waals surface area (Å²) in [7, 11) is 0. The van der Waals surface area contributed by atoms with Gasteiger partial charge >= 0.3 is 0 Å². The number of nitrogens with two attached hydrogens (primary N) is 1. The molecule has 20 heavy (non-hydrogen) atoms. The number of carbonyl (C=O) groups is 1. The van der Waals surface area contributed by atoms with Gasteiger partial charge in [-0.2, -0.15) is 0 Å². The Hall–Kier alpha value is -2.13. The maximum absolute atomic E-state index is 11.3. The highest BCUT2D eigenvalue weighted by atomic mass is 16.1. The molecule has 2 rings (SSSR count). The van der Waals surface area contributed by atoms with Gasteiger partial charge in [0.1, 0.15) is 0 Å². The van der Waals surface area contributed by atoms with E-state index in [4.69, 9.17) is 5.73 Å². The zero-order valence-electron chi connectivity index (χ0n) is 11.7. The summed E-state index contributed by atoms with van der Waals surface area (Å²) in [6.07, 6.45) is 0. The molecule has 1 atom stereocenters. The van der Waals surface area contributed by atoms with Gasteiger partial charge in [0.2, 0.25) is 5.91 Å². The van der Waals surface area contributed by atoms with E-state index in [0.29, 0.717) is 18.0 Å². The normalized spacial score (nSPS) is 12.1. The monoisotopic (exact) mass is 268 g/mol. The number of benzene rings is 2. The van der Waals surface area contributed by atoms with Crippen LogP contribution in [0, 0.1) is 0 Å². The molecule has 0 fully saturated rings. The van der Waals surface area contributed by atoms with Gasteiger partial charge in [-0.1, -0.05) is 55.5 Å². The highest BCUT2D eigenvalue weighted by Gasteiger charge is 2.08. The van der Waals surface area contributed by atoms with Gasteiger partial charge in [-0.15, -0.1) is 0 Å². The first-order valence-corrected chi connectivity index (χ1v) is 6.82. The van der Waals surface area contributed by atoms with Crippen molar-refractivity contribution in [1.82, 2.24) is 5.32 Å². The third kappa shape index (κ3) is 3.68. The van der Waals surface area contributed by atoms with Gasteiger partial charge in [-0.3, -0.25) is 4.79 Å². The van der Waals surface area contributed by atoms with Crippen LogP contribution in [0.1, 0.15) is 34.3 Å². The molecule has 3 N–H and O–H groups in total. The standard InChI is InChI=1S/C17H20N2O/c1-13(14-7-3-2-4-8-14)11-19-12-15-9-5-6-10-16(15)17(18)20/h2-10,13,19H,11-12H2,1H3,(H2,18,20). The van der Waals surface area contributed by atoms with Crippen LogP contribution < -0.4 is 11.1 Å². The summed E-state index contributed by atoms with van der Waals surface area (Å²) in [5, 5.41) is 3.39. The second-order valence-corrected chi connectivity index (χ2v) is 4.96.